The Labute approximate surface area is 178 Å². The van der Waals surface area contributed by atoms with Crippen LogP contribution in [0.1, 0.15) is 20.8 Å². The molecule has 0 amide bonds. The summed E-state index contributed by atoms with van der Waals surface area (Å²) in [6.45, 7) is 5.83. The summed E-state index contributed by atoms with van der Waals surface area (Å²) < 4.78 is 11.0. The number of rotatable bonds is 8. The van der Waals surface area contributed by atoms with E-state index in [0.29, 0.717) is 23.8 Å². The van der Waals surface area contributed by atoms with Crippen LogP contribution in [-0.4, -0.2) is 58.0 Å². The molecule has 0 atom stereocenters. The molecule has 0 spiro atoms. The van der Waals surface area contributed by atoms with Gasteiger partial charge in [-0.1, -0.05) is 11.6 Å². The van der Waals surface area contributed by atoms with Crippen molar-refractivity contribution in [2.75, 3.05) is 37.0 Å². The number of ether oxygens (including phenoxy) is 2. The second-order valence-corrected chi connectivity index (χ2v) is 8.46. The van der Waals surface area contributed by atoms with E-state index in [1.165, 1.54) is 0 Å². The number of hydrogen-bond acceptors (Lipinski definition) is 9. The lowest BCUT2D eigenvalue weighted by atomic mass is 9.96. The van der Waals surface area contributed by atoms with Gasteiger partial charge in [0.2, 0.25) is 11.6 Å². The van der Waals surface area contributed by atoms with Crippen LogP contribution in [0, 0.1) is 10.1 Å². The highest BCUT2D eigenvalue weighted by Crippen LogP contribution is 2.40. The summed E-state index contributed by atoms with van der Waals surface area (Å²) >= 11 is 5.92. The zero-order valence-electron chi connectivity index (χ0n) is 17.2. The molecular weight excluding hydrogens is 414 g/mol. The number of aliphatic hydroxyl groups is 1. The lowest BCUT2D eigenvalue weighted by Gasteiger charge is -2.47. The molecule has 1 aliphatic rings. The van der Waals surface area contributed by atoms with E-state index in [-0.39, 0.29) is 29.9 Å². The van der Waals surface area contributed by atoms with Crippen molar-refractivity contribution in [2.45, 2.75) is 32.0 Å². The summed E-state index contributed by atoms with van der Waals surface area (Å²) in [5, 5.41) is 25.3. The molecule has 0 unspecified atom stereocenters. The molecule has 30 heavy (non-hydrogen) atoms. The first-order valence-electron chi connectivity index (χ1n) is 9.24. The molecule has 1 saturated heterocycles. The number of nitrogens with zero attached hydrogens (tertiary/aromatic N) is 4. The largest absolute Gasteiger partial charge is 0.460 e. The van der Waals surface area contributed by atoms with Crippen LogP contribution < -0.4 is 15.0 Å². The third kappa shape index (κ3) is 5.07. The highest BCUT2D eigenvalue weighted by atomic mass is 35.5. The molecule has 1 aromatic heterocycles. The van der Waals surface area contributed by atoms with Crippen molar-refractivity contribution in [2.24, 2.45) is 0 Å². The molecule has 2 N–H and O–H groups in total. The van der Waals surface area contributed by atoms with Crippen LogP contribution in [-0.2, 0) is 4.74 Å². The van der Waals surface area contributed by atoms with Crippen molar-refractivity contribution in [3.8, 4) is 6.01 Å². The predicted octanol–water partition coefficient (Wildman–Crippen LogP) is 3.16. The fourth-order valence-corrected chi connectivity index (χ4v) is 3.04. The number of benzene rings is 1. The first kappa shape index (κ1) is 22.0. The lowest BCUT2D eigenvalue weighted by Crippen LogP contribution is -2.61. The first-order chi connectivity index (χ1) is 14.0. The predicted molar refractivity (Wildman–Crippen MR) is 113 cm³/mol. The number of nitro groups is 1. The van der Waals surface area contributed by atoms with Gasteiger partial charge in [0.15, 0.2) is 0 Å². The monoisotopic (exact) mass is 437 g/mol. The molecule has 0 saturated carbocycles. The van der Waals surface area contributed by atoms with E-state index in [2.05, 4.69) is 15.3 Å². The molecule has 1 aromatic carbocycles. The third-order valence-electron chi connectivity index (χ3n) is 4.53. The molecule has 0 radical (unpaired) electrons. The summed E-state index contributed by atoms with van der Waals surface area (Å²) in [6.07, 6.45) is 0. The van der Waals surface area contributed by atoms with Crippen LogP contribution in [0.2, 0.25) is 5.02 Å². The minimum absolute atomic E-state index is 0.0240. The van der Waals surface area contributed by atoms with Gasteiger partial charge in [-0.15, -0.1) is 0 Å². The van der Waals surface area contributed by atoms with Gasteiger partial charge in [-0.05, 0) is 45.0 Å². The van der Waals surface area contributed by atoms with Crippen LogP contribution in [0.3, 0.4) is 0 Å². The minimum atomic E-state index is -1.12. The molecule has 0 bridgehead atoms. The Kier molecular flexibility index (Phi) is 6.02. The molecule has 10 nitrogen and oxygen atoms in total. The van der Waals surface area contributed by atoms with E-state index in [4.69, 9.17) is 21.1 Å². The zero-order valence-corrected chi connectivity index (χ0v) is 17.9. The molecule has 11 heteroatoms. The Balaban J connectivity index is 2.02. The van der Waals surface area contributed by atoms with Crippen molar-refractivity contribution < 1.29 is 19.5 Å². The van der Waals surface area contributed by atoms with Gasteiger partial charge >= 0.3 is 11.7 Å². The summed E-state index contributed by atoms with van der Waals surface area (Å²) in [4.78, 5) is 21.6. The summed E-state index contributed by atoms with van der Waals surface area (Å²) in [5.41, 5.74) is -1.26. The second-order valence-electron chi connectivity index (χ2n) is 8.03. The highest BCUT2D eigenvalue weighted by Gasteiger charge is 2.43. The Morgan fingerprint density at radius 1 is 1.33 bits per heavy atom. The maximum atomic E-state index is 11.9. The number of nitrogens with one attached hydrogen (secondary N) is 1. The van der Waals surface area contributed by atoms with Crippen LogP contribution in [0.25, 0.3) is 0 Å². The number of aromatic nitrogens is 2. The Morgan fingerprint density at radius 2 is 1.97 bits per heavy atom. The average Bonchev–Trinajstić information content (AvgIpc) is 2.64. The summed E-state index contributed by atoms with van der Waals surface area (Å²) in [5.74, 6) is 0.0934. The van der Waals surface area contributed by atoms with Crippen molar-refractivity contribution >= 4 is 34.6 Å². The maximum absolute atomic E-state index is 11.9. The fraction of sp³-hybridized carbons (Fsp3) is 0.474. The number of halogens is 1. The van der Waals surface area contributed by atoms with Gasteiger partial charge in [0.1, 0.15) is 6.61 Å². The first-order valence-corrected chi connectivity index (χ1v) is 9.62. The van der Waals surface area contributed by atoms with Crippen LogP contribution in [0.5, 0.6) is 6.01 Å². The smallest absolute Gasteiger partial charge is 0.354 e. The van der Waals surface area contributed by atoms with Gasteiger partial charge in [0.25, 0.3) is 0 Å². The topological polar surface area (TPSA) is 123 Å². The summed E-state index contributed by atoms with van der Waals surface area (Å²) in [7, 11) is 1.59. The van der Waals surface area contributed by atoms with Crippen LogP contribution >= 0.6 is 11.6 Å². The number of methoxy groups -OCH3 is 1. The molecule has 2 heterocycles. The fourth-order valence-electron chi connectivity index (χ4n) is 2.91. The minimum Gasteiger partial charge on any atom is -0.460 e. The van der Waals surface area contributed by atoms with Gasteiger partial charge in [0, 0.05) is 17.8 Å². The van der Waals surface area contributed by atoms with E-state index in [1.807, 2.05) is 6.92 Å². The van der Waals surface area contributed by atoms with Crippen molar-refractivity contribution in [1.82, 2.24) is 9.97 Å². The van der Waals surface area contributed by atoms with Gasteiger partial charge in [-0.3, -0.25) is 10.1 Å². The van der Waals surface area contributed by atoms with Crippen LogP contribution in [0.4, 0.5) is 23.0 Å². The summed E-state index contributed by atoms with van der Waals surface area (Å²) in [6, 6.07) is 6.58. The lowest BCUT2D eigenvalue weighted by molar-refractivity contribution is -0.383. The van der Waals surface area contributed by atoms with Gasteiger partial charge in [-0.2, -0.15) is 9.97 Å². The average molecular weight is 438 g/mol. The van der Waals surface area contributed by atoms with Crippen molar-refractivity contribution in [1.29, 1.82) is 0 Å². The van der Waals surface area contributed by atoms with E-state index in [9.17, 15) is 15.2 Å². The number of hydrogen-bond donors (Lipinski definition) is 2. The van der Waals surface area contributed by atoms with Crippen LogP contribution in [0.15, 0.2) is 24.3 Å². The molecule has 0 aliphatic carbocycles. The maximum Gasteiger partial charge on any atom is 0.354 e. The molecule has 2 aromatic rings. The SMILES string of the molecule is COC1(C)CN(c2nc(OCC(C)(C)O)nc(Nc3ccc(Cl)cc3)c2[N+](=O)[O-])C1. The van der Waals surface area contributed by atoms with E-state index in [1.54, 1.807) is 50.1 Å². The standard InChI is InChI=1S/C19H24ClN5O5/c1-18(2,26)11-30-17-22-15(21-13-7-5-12(20)6-8-13)14(25(27)28)16(23-17)24-9-19(3,10-24)29-4/h5-8,26H,9-11H2,1-4H3,(H,21,22,23). The second kappa shape index (κ2) is 8.21. The quantitative estimate of drug-likeness (QED) is 0.473. The molecule has 3 rings (SSSR count). The van der Waals surface area contributed by atoms with E-state index in [0.717, 1.165) is 0 Å². The molecular formula is C19H24ClN5O5. The third-order valence-corrected chi connectivity index (χ3v) is 4.78. The Bertz CT molecular complexity index is 926. The van der Waals surface area contributed by atoms with Crippen molar-refractivity contribution in [3.05, 3.63) is 39.4 Å². The highest BCUT2D eigenvalue weighted by molar-refractivity contribution is 6.30. The van der Waals surface area contributed by atoms with Crippen molar-refractivity contribution in [3.63, 3.8) is 0 Å². The van der Waals surface area contributed by atoms with E-state index < -0.39 is 16.1 Å². The van der Waals surface area contributed by atoms with Gasteiger partial charge in [0.05, 0.1) is 29.2 Å². The van der Waals surface area contributed by atoms with E-state index >= 15 is 0 Å². The van der Waals surface area contributed by atoms with Gasteiger partial charge < -0.3 is 24.8 Å². The normalized spacial score (nSPS) is 15.5. The molecule has 1 aliphatic heterocycles. The molecule has 1 fully saturated rings. The molecule has 162 valence electrons. The Hall–Kier alpha value is -2.69. The number of anilines is 3. The zero-order chi connectivity index (χ0) is 22.1. The Morgan fingerprint density at radius 3 is 2.50 bits per heavy atom. The van der Waals surface area contributed by atoms with Gasteiger partial charge in [-0.25, -0.2) is 0 Å².